The van der Waals surface area contributed by atoms with Gasteiger partial charge in [-0.1, -0.05) is 0 Å². The van der Waals surface area contributed by atoms with E-state index in [1.807, 2.05) is 0 Å². The number of nitrogens with two attached hydrogens (primary N) is 2. The van der Waals surface area contributed by atoms with Crippen LogP contribution < -0.4 is 16.8 Å². The molecule has 0 rings (SSSR count). The number of rotatable bonds is 3. The maximum Gasteiger partial charge on any atom is 0.212 e. The molecule has 0 spiro atoms. The summed E-state index contributed by atoms with van der Waals surface area (Å²) in [5.74, 6) is -0.224. The zero-order valence-electron chi connectivity index (χ0n) is 6.46. The monoisotopic (exact) mass is 155 g/mol. The lowest BCUT2D eigenvalue weighted by Crippen LogP contribution is -2.16. The van der Waals surface area contributed by atoms with E-state index in [-0.39, 0.29) is 5.96 Å². The van der Waals surface area contributed by atoms with Gasteiger partial charge in [0.15, 0.2) is 0 Å². The molecule has 0 aromatic heterocycles. The summed E-state index contributed by atoms with van der Waals surface area (Å²) in [6.45, 7) is 0.601. The van der Waals surface area contributed by atoms with Gasteiger partial charge in [-0.3, -0.25) is 5.41 Å². The van der Waals surface area contributed by atoms with E-state index >= 15 is 0 Å². The molecule has 62 valence electrons. The first kappa shape index (κ1) is 9.64. The molecule has 0 saturated heterocycles. The molecule has 0 aliphatic heterocycles. The first-order valence-corrected chi connectivity index (χ1v) is 3.14. The van der Waals surface area contributed by atoms with Crippen LogP contribution in [0.4, 0.5) is 0 Å². The molecule has 0 aliphatic carbocycles. The smallest absolute Gasteiger partial charge is 0.212 e. The van der Waals surface area contributed by atoms with Crippen LogP contribution in [0.3, 0.4) is 0 Å². The molecular formula is C6H13N5. The molecule has 5 heteroatoms. The molecule has 0 amide bonds. The van der Waals surface area contributed by atoms with Crippen molar-refractivity contribution in [2.24, 2.45) is 16.5 Å². The van der Waals surface area contributed by atoms with Gasteiger partial charge in [-0.05, 0) is 13.1 Å². The van der Waals surface area contributed by atoms with Gasteiger partial charge in [-0.15, -0.1) is 0 Å². The molecule has 0 radical (unpaired) electrons. The van der Waals surface area contributed by atoms with Crippen LogP contribution in [0.5, 0.6) is 0 Å². The van der Waals surface area contributed by atoms with Gasteiger partial charge < -0.3 is 16.8 Å². The Morgan fingerprint density at radius 2 is 2.27 bits per heavy atom. The van der Waals surface area contributed by atoms with Gasteiger partial charge in [0.05, 0.1) is 0 Å². The molecule has 0 fully saturated rings. The average Bonchev–Trinajstić information content (AvgIpc) is 1.87. The van der Waals surface area contributed by atoms with Crippen molar-refractivity contribution in [2.45, 2.75) is 0 Å². The highest BCUT2D eigenvalue weighted by molar-refractivity contribution is 5.88. The number of hydrogen-bond donors (Lipinski definition) is 4. The molecule has 0 aromatic carbocycles. The van der Waals surface area contributed by atoms with Crippen molar-refractivity contribution >= 4 is 12.2 Å². The second-order valence-corrected chi connectivity index (χ2v) is 1.94. The zero-order valence-corrected chi connectivity index (χ0v) is 6.46. The summed E-state index contributed by atoms with van der Waals surface area (Å²) in [5, 5.41) is 9.60. The first-order valence-electron chi connectivity index (χ1n) is 3.14. The molecule has 11 heavy (non-hydrogen) atoms. The van der Waals surface area contributed by atoms with Gasteiger partial charge in [0.2, 0.25) is 5.96 Å². The summed E-state index contributed by atoms with van der Waals surface area (Å²) in [4.78, 5) is 3.50. The number of hydrogen-bond acceptors (Lipinski definition) is 3. The average molecular weight is 155 g/mol. The van der Waals surface area contributed by atoms with E-state index in [0.29, 0.717) is 12.2 Å². The fourth-order valence-corrected chi connectivity index (χ4v) is 0.476. The molecule has 0 aromatic rings. The number of allylic oxidation sites excluding steroid dienone is 1. The summed E-state index contributed by atoms with van der Waals surface area (Å²) in [5.41, 5.74) is 11.1. The van der Waals surface area contributed by atoms with Crippen LogP contribution in [0.1, 0.15) is 0 Å². The van der Waals surface area contributed by atoms with E-state index in [1.54, 1.807) is 13.1 Å². The van der Waals surface area contributed by atoms with Gasteiger partial charge in [-0.2, -0.15) is 0 Å². The van der Waals surface area contributed by atoms with Crippen LogP contribution in [0.15, 0.2) is 16.8 Å². The molecule has 6 N–H and O–H groups in total. The van der Waals surface area contributed by atoms with Crippen LogP contribution in [-0.2, 0) is 0 Å². The maximum atomic E-state index is 6.73. The topological polar surface area (TPSA) is 100 Å². The van der Waals surface area contributed by atoms with Crippen LogP contribution in [0.25, 0.3) is 0 Å². The largest absolute Gasteiger partial charge is 0.401 e. The van der Waals surface area contributed by atoms with Gasteiger partial charge in [-0.25, -0.2) is 4.99 Å². The van der Waals surface area contributed by atoms with Crippen LogP contribution in [0, 0.1) is 5.41 Å². The highest BCUT2D eigenvalue weighted by Crippen LogP contribution is 1.76. The van der Waals surface area contributed by atoms with E-state index in [1.165, 1.54) is 6.21 Å². The van der Waals surface area contributed by atoms with Crippen molar-refractivity contribution in [3.8, 4) is 0 Å². The number of aliphatic imine (C=N–C) groups is 1. The molecule has 0 saturated carbocycles. The Balaban J connectivity index is 3.80. The molecule has 0 aliphatic rings. The summed E-state index contributed by atoms with van der Waals surface area (Å²) >= 11 is 0. The lowest BCUT2D eigenvalue weighted by atomic mass is 10.4. The summed E-state index contributed by atoms with van der Waals surface area (Å²) in [6.07, 6.45) is 2.99. The third-order valence-electron chi connectivity index (χ3n) is 0.883. The summed E-state index contributed by atoms with van der Waals surface area (Å²) in [6, 6.07) is 0. The number of guanidine groups is 1. The van der Waals surface area contributed by atoms with Gasteiger partial charge in [0, 0.05) is 18.5 Å². The van der Waals surface area contributed by atoms with E-state index < -0.39 is 0 Å². The molecule has 0 bridgehead atoms. The Hall–Kier alpha value is -1.36. The zero-order chi connectivity index (χ0) is 8.69. The summed E-state index contributed by atoms with van der Waals surface area (Å²) in [7, 11) is 1.79. The van der Waals surface area contributed by atoms with E-state index in [0.717, 1.165) is 0 Å². The summed E-state index contributed by atoms with van der Waals surface area (Å²) < 4.78 is 0. The van der Waals surface area contributed by atoms with Crippen molar-refractivity contribution in [3.05, 3.63) is 11.8 Å². The van der Waals surface area contributed by atoms with Crippen molar-refractivity contribution in [1.82, 2.24) is 5.32 Å². The van der Waals surface area contributed by atoms with Crippen LogP contribution in [0.2, 0.25) is 0 Å². The Morgan fingerprint density at radius 3 is 2.73 bits per heavy atom. The third kappa shape index (κ3) is 6.53. The fraction of sp³-hybridized carbons (Fsp3) is 0.333. The molecule has 0 unspecified atom stereocenters. The number of nitrogens with zero attached hydrogens (tertiary/aromatic N) is 1. The minimum Gasteiger partial charge on any atom is -0.401 e. The molecule has 0 atom stereocenters. The Morgan fingerprint density at radius 1 is 1.64 bits per heavy atom. The Kier molecular flexibility index (Phi) is 4.76. The van der Waals surface area contributed by atoms with E-state index in [9.17, 15) is 0 Å². The third-order valence-corrected chi connectivity index (χ3v) is 0.883. The van der Waals surface area contributed by atoms with Crippen molar-refractivity contribution in [3.63, 3.8) is 0 Å². The van der Waals surface area contributed by atoms with Gasteiger partial charge in [0.1, 0.15) is 0 Å². The lowest BCUT2D eigenvalue weighted by Gasteiger charge is -1.95. The first-order chi connectivity index (χ1) is 5.16. The van der Waals surface area contributed by atoms with Crippen LogP contribution in [-0.4, -0.2) is 25.8 Å². The minimum atomic E-state index is -0.224. The normalized spacial score (nSPS) is 12.3. The van der Waals surface area contributed by atoms with Gasteiger partial charge in [0.25, 0.3) is 0 Å². The molecule has 0 heterocycles. The number of nitrogens with one attached hydrogen (secondary N) is 2. The highest BCUT2D eigenvalue weighted by Gasteiger charge is 1.82. The van der Waals surface area contributed by atoms with Crippen molar-refractivity contribution < 1.29 is 0 Å². The molecule has 5 nitrogen and oxygen atoms in total. The van der Waals surface area contributed by atoms with Crippen molar-refractivity contribution in [1.29, 1.82) is 5.41 Å². The standard InChI is InChI=1S/C6H13N5/c1-10-4-5(7)2-3-11-6(8)9/h2-3,10H,4,7H2,1H3,(H3,8,9)/b5-2-,11-3?. The predicted molar refractivity (Wildman–Crippen MR) is 46.6 cm³/mol. The van der Waals surface area contributed by atoms with E-state index in [2.05, 4.69) is 10.3 Å². The quantitative estimate of drug-likeness (QED) is 0.311. The van der Waals surface area contributed by atoms with Crippen molar-refractivity contribution in [2.75, 3.05) is 13.6 Å². The van der Waals surface area contributed by atoms with Crippen LogP contribution >= 0.6 is 0 Å². The second kappa shape index (κ2) is 5.43. The fourth-order valence-electron chi connectivity index (χ4n) is 0.476. The minimum absolute atomic E-state index is 0.224. The Bertz CT molecular complexity index is 181. The SMILES string of the molecule is CNC/C(N)=C/C=NC(=N)N. The van der Waals surface area contributed by atoms with Gasteiger partial charge >= 0.3 is 0 Å². The second-order valence-electron chi connectivity index (χ2n) is 1.94. The maximum absolute atomic E-state index is 6.73. The number of likely N-dealkylation sites (N-methyl/N-ethyl adjacent to an activating group) is 1. The lowest BCUT2D eigenvalue weighted by molar-refractivity contribution is 0.872. The molecular weight excluding hydrogens is 142 g/mol. The predicted octanol–water partition coefficient (Wildman–Crippen LogP) is -0.987. The van der Waals surface area contributed by atoms with E-state index in [4.69, 9.17) is 16.9 Å². The highest BCUT2D eigenvalue weighted by atomic mass is 15.0. The Labute approximate surface area is 65.7 Å².